The molecule has 1 amide bonds. The number of alkyl carbamates (subject to hydrolysis) is 1. The number of fused-ring (bicyclic) bond motifs is 2. The van der Waals surface area contributed by atoms with Crippen LogP contribution in [0.3, 0.4) is 0 Å². The van der Waals surface area contributed by atoms with E-state index in [1.807, 2.05) is 32.9 Å². The second-order valence-electron chi connectivity index (χ2n) is 10.0. The summed E-state index contributed by atoms with van der Waals surface area (Å²) in [6, 6.07) is 11.9. The third-order valence-corrected chi connectivity index (χ3v) is 6.83. The number of aromatic nitrogens is 3. The minimum Gasteiger partial charge on any atom is -0.444 e. The van der Waals surface area contributed by atoms with Crippen molar-refractivity contribution in [2.24, 2.45) is 5.41 Å². The maximum Gasteiger partial charge on any atom is 0.408 e. The number of carbonyl (C=O) groups is 1. The first kappa shape index (κ1) is 21.9. The molecule has 2 aromatic heterocycles. The molecular formula is C25H28ClN5O2. The molecule has 3 heterocycles. The molecule has 0 bridgehead atoms. The Labute approximate surface area is 198 Å². The lowest BCUT2D eigenvalue weighted by Gasteiger charge is -2.43. The summed E-state index contributed by atoms with van der Waals surface area (Å²) in [5.74, 6) is 0.841. The van der Waals surface area contributed by atoms with Crippen LogP contribution in [-0.4, -0.2) is 39.7 Å². The van der Waals surface area contributed by atoms with E-state index in [1.165, 1.54) is 11.1 Å². The molecule has 1 atom stereocenters. The highest BCUT2D eigenvalue weighted by atomic mass is 35.5. The van der Waals surface area contributed by atoms with Gasteiger partial charge < -0.3 is 15.0 Å². The van der Waals surface area contributed by atoms with E-state index in [9.17, 15) is 4.79 Å². The number of piperidine rings is 1. The summed E-state index contributed by atoms with van der Waals surface area (Å²) in [6.45, 7) is 7.33. The molecular weight excluding hydrogens is 438 g/mol. The number of nitrogens with zero attached hydrogens (tertiary/aromatic N) is 4. The van der Waals surface area contributed by atoms with E-state index in [2.05, 4.69) is 38.4 Å². The average molecular weight is 466 g/mol. The first-order chi connectivity index (χ1) is 15.7. The van der Waals surface area contributed by atoms with Crippen molar-refractivity contribution in [2.75, 3.05) is 18.0 Å². The Kier molecular flexibility index (Phi) is 5.40. The number of benzene rings is 1. The summed E-state index contributed by atoms with van der Waals surface area (Å²) in [4.78, 5) is 28.4. The van der Waals surface area contributed by atoms with Gasteiger partial charge in [0.1, 0.15) is 22.1 Å². The Morgan fingerprint density at radius 3 is 2.67 bits per heavy atom. The van der Waals surface area contributed by atoms with Gasteiger partial charge in [-0.05, 0) is 63.3 Å². The van der Waals surface area contributed by atoms with Gasteiger partial charge in [0.15, 0.2) is 5.65 Å². The third kappa shape index (κ3) is 4.34. The summed E-state index contributed by atoms with van der Waals surface area (Å²) >= 11 is 5.97. The molecule has 1 aromatic carbocycles. The number of pyridine rings is 1. The van der Waals surface area contributed by atoms with E-state index in [-0.39, 0.29) is 17.6 Å². The number of nitrogens with one attached hydrogen (secondary N) is 1. The summed E-state index contributed by atoms with van der Waals surface area (Å²) in [5.41, 5.74) is 3.21. The first-order valence-corrected chi connectivity index (χ1v) is 11.7. The Hall–Kier alpha value is -2.93. The van der Waals surface area contributed by atoms with Gasteiger partial charge in [0.2, 0.25) is 0 Å². The highest BCUT2D eigenvalue weighted by Crippen LogP contribution is 2.52. The molecule has 1 N–H and O–H groups in total. The number of amides is 1. The monoisotopic (exact) mass is 465 g/mol. The third-order valence-electron chi connectivity index (χ3n) is 6.62. The number of ether oxygens (including phenoxy) is 1. The molecule has 1 spiro atoms. The Morgan fingerprint density at radius 2 is 1.91 bits per heavy atom. The van der Waals surface area contributed by atoms with Crippen LogP contribution in [-0.2, 0) is 11.2 Å². The van der Waals surface area contributed by atoms with Crippen LogP contribution in [0.2, 0.25) is 5.15 Å². The molecule has 1 aliphatic carbocycles. The van der Waals surface area contributed by atoms with Crippen LogP contribution in [0.1, 0.15) is 50.8 Å². The predicted octanol–water partition coefficient (Wildman–Crippen LogP) is 5.09. The van der Waals surface area contributed by atoms with Gasteiger partial charge in [0.25, 0.3) is 0 Å². The molecule has 0 saturated carbocycles. The van der Waals surface area contributed by atoms with E-state index >= 15 is 0 Å². The van der Waals surface area contributed by atoms with Crippen molar-refractivity contribution in [3.63, 3.8) is 0 Å². The summed E-state index contributed by atoms with van der Waals surface area (Å²) in [7, 11) is 0. The Bertz CT molecular complexity index is 1200. The van der Waals surface area contributed by atoms with E-state index in [0.717, 1.165) is 43.7 Å². The van der Waals surface area contributed by atoms with Gasteiger partial charge in [0, 0.05) is 18.5 Å². The van der Waals surface area contributed by atoms with Crippen molar-refractivity contribution >= 4 is 34.7 Å². The van der Waals surface area contributed by atoms with E-state index in [4.69, 9.17) is 21.3 Å². The minimum atomic E-state index is -0.535. The fourth-order valence-electron chi connectivity index (χ4n) is 5.11. The number of hydrogen-bond donors (Lipinski definition) is 1. The summed E-state index contributed by atoms with van der Waals surface area (Å²) in [5, 5.41) is 3.62. The van der Waals surface area contributed by atoms with Crippen LogP contribution >= 0.6 is 11.6 Å². The minimum absolute atomic E-state index is 0.0452. The zero-order valence-electron chi connectivity index (χ0n) is 19.1. The standard InChI is InChI=1S/C25H28ClN5O2/c1-24(2,3)33-23(32)30-21-17-7-5-4-6-16(17)14-25(21)10-12-31(13-11-25)20-15-27-22-18(28-20)8-9-19(26)29-22/h4-9,15,21H,10-14H2,1-3H3,(H,30,32)/t21-/m1/s1. The second kappa shape index (κ2) is 8.13. The highest BCUT2D eigenvalue weighted by molar-refractivity contribution is 6.29. The number of hydrogen-bond acceptors (Lipinski definition) is 6. The molecule has 1 saturated heterocycles. The summed E-state index contributed by atoms with van der Waals surface area (Å²) in [6.07, 6.45) is 4.21. The molecule has 172 valence electrons. The van der Waals surface area contributed by atoms with Crippen LogP contribution in [0.25, 0.3) is 11.2 Å². The maximum atomic E-state index is 12.7. The largest absolute Gasteiger partial charge is 0.444 e. The van der Waals surface area contributed by atoms with Gasteiger partial charge in [-0.3, -0.25) is 0 Å². The molecule has 8 heteroatoms. The second-order valence-corrected chi connectivity index (χ2v) is 10.4. The SMILES string of the molecule is CC(C)(C)OC(=O)N[C@@H]1c2ccccc2CC12CCN(c1cnc3nc(Cl)ccc3n1)CC2. The van der Waals surface area contributed by atoms with E-state index in [1.54, 1.807) is 12.3 Å². The smallest absolute Gasteiger partial charge is 0.408 e. The van der Waals surface area contributed by atoms with Crippen LogP contribution in [0.15, 0.2) is 42.6 Å². The molecule has 1 fully saturated rings. The number of rotatable bonds is 2. The number of anilines is 1. The highest BCUT2D eigenvalue weighted by Gasteiger charge is 2.48. The van der Waals surface area contributed by atoms with Crippen molar-refractivity contribution in [3.8, 4) is 0 Å². The van der Waals surface area contributed by atoms with Gasteiger partial charge in [-0.15, -0.1) is 0 Å². The van der Waals surface area contributed by atoms with Crippen LogP contribution in [0.4, 0.5) is 10.6 Å². The molecule has 0 radical (unpaired) electrons. The predicted molar refractivity (Wildman–Crippen MR) is 128 cm³/mol. The summed E-state index contributed by atoms with van der Waals surface area (Å²) < 4.78 is 5.59. The lowest BCUT2D eigenvalue weighted by molar-refractivity contribution is 0.0428. The topological polar surface area (TPSA) is 80.2 Å². The van der Waals surface area contributed by atoms with E-state index in [0.29, 0.717) is 10.8 Å². The van der Waals surface area contributed by atoms with Crippen LogP contribution < -0.4 is 10.2 Å². The van der Waals surface area contributed by atoms with Crippen molar-refractivity contribution in [2.45, 2.75) is 51.7 Å². The van der Waals surface area contributed by atoms with Crippen molar-refractivity contribution in [3.05, 3.63) is 58.9 Å². The zero-order valence-corrected chi connectivity index (χ0v) is 19.9. The number of halogens is 1. The fraction of sp³-hybridized carbons (Fsp3) is 0.440. The van der Waals surface area contributed by atoms with Gasteiger partial charge in [-0.25, -0.2) is 19.7 Å². The molecule has 0 unspecified atom stereocenters. The lowest BCUT2D eigenvalue weighted by Crippen LogP contribution is -2.47. The molecule has 33 heavy (non-hydrogen) atoms. The average Bonchev–Trinajstić information content (AvgIpc) is 3.05. The lowest BCUT2D eigenvalue weighted by atomic mass is 9.72. The zero-order chi connectivity index (χ0) is 23.2. The van der Waals surface area contributed by atoms with Crippen LogP contribution in [0.5, 0.6) is 0 Å². The van der Waals surface area contributed by atoms with Gasteiger partial charge in [-0.1, -0.05) is 35.9 Å². The van der Waals surface area contributed by atoms with Crippen molar-refractivity contribution in [1.82, 2.24) is 20.3 Å². The first-order valence-electron chi connectivity index (χ1n) is 11.3. The van der Waals surface area contributed by atoms with Gasteiger partial charge in [-0.2, -0.15) is 0 Å². The van der Waals surface area contributed by atoms with Crippen molar-refractivity contribution < 1.29 is 9.53 Å². The molecule has 5 rings (SSSR count). The molecule has 7 nitrogen and oxygen atoms in total. The number of carbonyl (C=O) groups excluding carboxylic acids is 1. The van der Waals surface area contributed by atoms with E-state index < -0.39 is 5.60 Å². The normalized spacial score (nSPS) is 19.5. The quantitative estimate of drug-likeness (QED) is 0.531. The molecule has 2 aliphatic rings. The fourth-order valence-corrected chi connectivity index (χ4v) is 5.26. The van der Waals surface area contributed by atoms with Gasteiger partial charge in [0.05, 0.1) is 12.2 Å². The molecule has 3 aromatic rings. The maximum absolute atomic E-state index is 12.7. The van der Waals surface area contributed by atoms with Gasteiger partial charge >= 0.3 is 6.09 Å². The van der Waals surface area contributed by atoms with Crippen LogP contribution in [0, 0.1) is 5.41 Å². The molecule has 1 aliphatic heterocycles. The Balaban J connectivity index is 1.36. The van der Waals surface area contributed by atoms with Crippen molar-refractivity contribution in [1.29, 1.82) is 0 Å². The Morgan fingerprint density at radius 1 is 1.15 bits per heavy atom.